The van der Waals surface area contributed by atoms with Crippen LogP contribution in [0.5, 0.6) is 11.5 Å². The molecule has 11 heteroatoms. The van der Waals surface area contributed by atoms with E-state index in [0.717, 1.165) is 44.8 Å². The van der Waals surface area contributed by atoms with Crippen molar-refractivity contribution in [1.29, 1.82) is 0 Å². The number of para-hydroxylation sites is 1. The fourth-order valence-electron chi connectivity index (χ4n) is 6.12. The van der Waals surface area contributed by atoms with Crippen LogP contribution in [0, 0.1) is 0 Å². The van der Waals surface area contributed by atoms with E-state index in [4.69, 9.17) is 14.2 Å². The Balaban J connectivity index is 1.31. The molecular formula is C37H39N3O7S. The van der Waals surface area contributed by atoms with Crippen LogP contribution in [0.2, 0.25) is 0 Å². The molecule has 0 saturated carbocycles. The molecule has 2 heterocycles. The Hall–Kier alpha value is -4.68. The zero-order chi connectivity index (χ0) is 33.8. The van der Waals surface area contributed by atoms with E-state index in [9.17, 15) is 18.6 Å². The van der Waals surface area contributed by atoms with E-state index in [-0.39, 0.29) is 18.1 Å². The first kappa shape index (κ1) is 33.2. The highest BCUT2D eigenvalue weighted by atomic mass is 32.2. The minimum atomic E-state index is -3.33. The zero-order valence-electron chi connectivity index (χ0n) is 27.1. The minimum Gasteiger partial charge on any atom is -0.493 e. The number of benzene rings is 4. The normalized spacial score (nSPS) is 12.5. The molecule has 0 spiro atoms. The molecule has 0 amide bonds. The van der Waals surface area contributed by atoms with Crippen molar-refractivity contribution in [3.63, 3.8) is 0 Å². The summed E-state index contributed by atoms with van der Waals surface area (Å²) in [5.74, 6) is 1.32. The number of nitrogens with one attached hydrogen (secondary N) is 1. The predicted octanol–water partition coefficient (Wildman–Crippen LogP) is 6.24. The predicted molar refractivity (Wildman–Crippen MR) is 185 cm³/mol. The largest absolute Gasteiger partial charge is 0.493 e. The summed E-state index contributed by atoms with van der Waals surface area (Å²) >= 11 is 0. The maximum atomic E-state index is 11.9. The van der Waals surface area contributed by atoms with Crippen LogP contribution in [-0.2, 0) is 41.3 Å². The number of aryl methyl sites for hydroxylation is 2. The highest BCUT2D eigenvalue weighted by molar-refractivity contribution is 7.90. The Labute approximate surface area is 279 Å². The Morgan fingerprint density at radius 3 is 2.42 bits per heavy atom. The van der Waals surface area contributed by atoms with Gasteiger partial charge in [-0.05, 0) is 61.0 Å². The van der Waals surface area contributed by atoms with Gasteiger partial charge in [0.2, 0.25) is 0 Å². The van der Waals surface area contributed by atoms with Gasteiger partial charge in [-0.15, -0.1) is 0 Å². The monoisotopic (exact) mass is 669 g/mol. The number of H-pyrrole nitrogens is 1. The molecule has 3 N–H and O–H groups in total. The van der Waals surface area contributed by atoms with Gasteiger partial charge in [-0.3, -0.25) is 4.68 Å². The number of aromatic nitrogens is 3. The first-order valence-electron chi connectivity index (χ1n) is 15.8. The Kier molecular flexibility index (Phi) is 9.83. The lowest BCUT2D eigenvalue weighted by molar-refractivity contribution is -0.101. The van der Waals surface area contributed by atoms with Gasteiger partial charge in [0.1, 0.15) is 23.8 Å². The van der Waals surface area contributed by atoms with Crippen LogP contribution in [0.25, 0.3) is 32.8 Å². The summed E-state index contributed by atoms with van der Waals surface area (Å²) in [7, 11) is -1.57. The van der Waals surface area contributed by atoms with Gasteiger partial charge in [0.05, 0.1) is 35.0 Å². The fourth-order valence-corrected chi connectivity index (χ4v) is 6.75. The summed E-state index contributed by atoms with van der Waals surface area (Å²) in [5, 5.41) is 29.2. The number of aliphatic hydroxyl groups is 2. The molecule has 0 radical (unpaired) electrons. The zero-order valence-corrected chi connectivity index (χ0v) is 28.0. The van der Waals surface area contributed by atoms with Crippen LogP contribution in [-0.4, -0.2) is 52.9 Å². The summed E-state index contributed by atoms with van der Waals surface area (Å²) in [4.78, 5) is 3.65. The van der Waals surface area contributed by atoms with Crippen molar-refractivity contribution >= 4 is 31.5 Å². The van der Waals surface area contributed by atoms with Crippen LogP contribution < -0.4 is 9.47 Å². The van der Waals surface area contributed by atoms with Crippen molar-refractivity contribution in [3.05, 3.63) is 108 Å². The average Bonchev–Trinajstić information content (AvgIpc) is 3.62. The lowest BCUT2D eigenvalue weighted by Crippen LogP contribution is -2.07. The molecule has 0 aliphatic carbocycles. The molecule has 1 atom stereocenters. The van der Waals surface area contributed by atoms with Gasteiger partial charge in [0.25, 0.3) is 0 Å². The summed E-state index contributed by atoms with van der Waals surface area (Å²) in [5.41, 5.74) is 4.96. The third kappa shape index (κ3) is 6.81. The number of aromatic amines is 1. The number of ether oxygens (including phenoxy) is 3. The van der Waals surface area contributed by atoms with Crippen molar-refractivity contribution < 1.29 is 32.8 Å². The van der Waals surface area contributed by atoms with E-state index in [0.29, 0.717) is 54.5 Å². The van der Waals surface area contributed by atoms with Crippen LogP contribution in [0.1, 0.15) is 42.3 Å². The number of hydrogen-bond acceptors (Lipinski definition) is 8. The third-order valence-electron chi connectivity index (χ3n) is 8.41. The van der Waals surface area contributed by atoms with E-state index in [1.807, 2.05) is 49.4 Å². The Morgan fingerprint density at radius 1 is 0.938 bits per heavy atom. The van der Waals surface area contributed by atoms with Crippen LogP contribution in [0.15, 0.2) is 89.8 Å². The minimum absolute atomic E-state index is 0.0747. The van der Waals surface area contributed by atoms with Gasteiger partial charge in [-0.2, -0.15) is 5.10 Å². The van der Waals surface area contributed by atoms with E-state index in [1.165, 1.54) is 12.1 Å². The number of aliphatic hydroxyl groups excluding tert-OH is 2. The molecule has 0 fully saturated rings. The van der Waals surface area contributed by atoms with Crippen LogP contribution in [0.4, 0.5) is 0 Å². The maximum Gasteiger partial charge on any atom is 0.196 e. The molecule has 1 unspecified atom stereocenters. The maximum absolute atomic E-state index is 11.9. The summed E-state index contributed by atoms with van der Waals surface area (Å²) in [6, 6.07) is 26.3. The molecule has 0 aliphatic rings. The number of rotatable bonds is 14. The topological polar surface area (TPSA) is 136 Å². The lowest BCUT2D eigenvalue weighted by atomic mass is 9.98. The molecule has 2 aromatic heterocycles. The van der Waals surface area contributed by atoms with E-state index >= 15 is 0 Å². The van der Waals surface area contributed by atoms with Crippen LogP contribution >= 0.6 is 0 Å². The molecule has 6 aromatic rings. The quantitative estimate of drug-likeness (QED) is 0.0917. The van der Waals surface area contributed by atoms with Crippen molar-refractivity contribution in [1.82, 2.24) is 14.8 Å². The molecule has 0 aliphatic heterocycles. The molecule has 250 valence electrons. The average molecular weight is 670 g/mol. The molecular weight excluding hydrogens is 630 g/mol. The molecule has 0 saturated heterocycles. The van der Waals surface area contributed by atoms with E-state index in [2.05, 4.69) is 28.3 Å². The lowest BCUT2D eigenvalue weighted by Gasteiger charge is -2.13. The molecule has 10 nitrogen and oxygen atoms in total. The van der Waals surface area contributed by atoms with Gasteiger partial charge in [0.15, 0.2) is 16.1 Å². The van der Waals surface area contributed by atoms with Crippen molar-refractivity contribution in [2.45, 2.75) is 44.2 Å². The van der Waals surface area contributed by atoms with Gasteiger partial charge >= 0.3 is 0 Å². The smallest absolute Gasteiger partial charge is 0.196 e. The fraction of sp³-hybridized carbons (Fsp3) is 0.270. The Morgan fingerprint density at radius 2 is 1.67 bits per heavy atom. The SMILES string of the molecule is CCOC(O)c1[nH]c2c(-c3c(COc4ccc(S(C)(=O)=O)cc4)nn(C)c3CO)cccc2c1CCCOc1cccc2ccccc12. The highest BCUT2D eigenvalue weighted by Gasteiger charge is 2.24. The summed E-state index contributed by atoms with van der Waals surface area (Å²) < 4.78 is 43.3. The molecule has 4 aromatic carbocycles. The standard InChI is InChI=1S/C37H39N3O7S/c1-4-45-37(42)36-29(15-9-21-46-33-16-7-11-24-10-5-6-12-27(24)33)28-13-8-14-30(35(28)38-36)34-31(39-40(2)32(34)22-41)23-47-25-17-19-26(20-18-25)48(3,43)44/h5-8,10-14,16-20,37-38,41-42H,4,9,15,21-23H2,1-3H3. The van der Waals surface area contributed by atoms with E-state index in [1.54, 1.807) is 23.9 Å². The second-order valence-corrected chi connectivity index (χ2v) is 13.6. The highest BCUT2D eigenvalue weighted by Crippen LogP contribution is 2.38. The van der Waals surface area contributed by atoms with Crippen molar-refractivity contribution in [2.75, 3.05) is 19.5 Å². The number of hydrogen-bond donors (Lipinski definition) is 3. The van der Waals surface area contributed by atoms with Crippen molar-refractivity contribution in [3.8, 4) is 22.6 Å². The second-order valence-electron chi connectivity index (χ2n) is 11.6. The van der Waals surface area contributed by atoms with Gasteiger partial charge in [-0.1, -0.05) is 54.6 Å². The number of nitrogens with zero attached hydrogens (tertiary/aromatic N) is 2. The third-order valence-corrected chi connectivity index (χ3v) is 9.54. The van der Waals surface area contributed by atoms with E-state index < -0.39 is 16.1 Å². The number of sulfone groups is 1. The molecule has 48 heavy (non-hydrogen) atoms. The van der Waals surface area contributed by atoms with Crippen LogP contribution in [0.3, 0.4) is 0 Å². The van der Waals surface area contributed by atoms with Gasteiger partial charge < -0.3 is 29.4 Å². The Bertz CT molecular complexity index is 2150. The van der Waals surface area contributed by atoms with Gasteiger partial charge in [-0.25, -0.2) is 8.42 Å². The summed E-state index contributed by atoms with van der Waals surface area (Å²) in [6.45, 7) is 2.46. The second kappa shape index (κ2) is 14.2. The molecule has 6 rings (SSSR count). The molecule has 0 bridgehead atoms. The first-order chi connectivity index (χ1) is 23.2. The first-order valence-corrected chi connectivity index (χ1v) is 17.7. The summed E-state index contributed by atoms with van der Waals surface area (Å²) in [6.07, 6.45) is 1.31. The van der Waals surface area contributed by atoms with Crippen molar-refractivity contribution in [2.24, 2.45) is 7.05 Å². The number of fused-ring (bicyclic) bond motifs is 2. The van der Waals surface area contributed by atoms with Gasteiger partial charge in [0, 0.05) is 41.8 Å².